The lowest BCUT2D eigenvalue weighted by molar-refractivity contribution is 0.509. The van der Waals surface area contributed by atoms with Crippen LogP contribution in [0.2, 0.25) is 0 Å². The molecule has 1 heterocycles. The van der Waals surface area contributed by atoms with Crippen LogP contribution in [0.5, 0.6) is 0 Å². The van der Waals surface area contributed by atoms with Gasteiger partial charge in [0.15, 0.2) is 5.82 Å². The molecule has 0 saturated carbocycles. The maximum Gasteiger partial charge on any atom is 0.293 e. The van der Waals surface area contributed by atoms with Gasteiger partial charge >= 0.3 is 0 Å². The molecule has 0 radical (unpaired) electrons. The minimum absolute atomic E-state index is 0.0644. The second-order valence-electron chi connectivity index (χ2n) is 4.85. The molecular formula is C12H22N4O. The van der Waals surface area contributed by atoms with Gasteiger partial charge in [-0.2, -0.15) is 0 Å². The van der Waals surface area contributed by atoms with E-state index in [1.54, 1.807) is 17.0 Å². The molecule has 1 rings (SSSR count). The monoisotopic (exact) mass is 238 g/mol. The number of nitrogens with zero attached hydrogens (tertiary/aromatic N) is 2. The summed E-state index contributed by atoms with van der Waals surface area (Å²) in [5, 5.41) is 3.05. The number of hydrogen-bond donors (Lipinski definition) is 2. The van der Waals surface area contributed by atoms with E-state index in [0.29, 0.717) is 37.3 Å². The van der Waals surface area contributed by atoms with E-state index in [0.717, 1.165) is 0 Å². The standard InChI is InChI=1S/C12H22N4O/c1-9(2)8-16-5-4-14-11(12(16)17)15-7-10(3)6-13/h4-5,9-10H,6-8,13H2,1-3H3,(H,14,15). The van der Waals surface area contributed by atoms with Crippen molar-refractivity contribution in [2.24, 2.45) is 17.6 Å². The van der Waals surface area contributed by atoms with E-state index < -0.39 is 0 Å². The third-order valence-electron chi connectivity index (χ3n) is 2.50. The predicted molar refractivity (Wildman–Crippen MR) is 70.0 cm³/mol. The van der Waals surface area contributed by atoms with E-state index >= 15 is 0 Å². The van der Waals surface area contributed by atoms with Crippen molar-refractivity contribution in [1.29, 1.82) is 0 Å². The summed E-state index contributed by atoms with van der Waals surface area (Å²) >= 11 is 0. The Kier molecular flexibility index (Phi) is 5.15. The van der Waals surface area contributed by atoms with Gasteiger partial charge in [-0.05, 0) is 18.4 Å². The molecule has 3 N–H and O–H groups in total. The average molecular weight is 238 g/mol. The van der Waals surface area contributed by atoms with Crippen molar-refractivity contribution in [3.8, 4) is 0 Å². The van der Waals surface area contributed by atoms with Crippen LogP contribution in [0, 0.1) is 11.8 Å². The van der Waals surface area contributed by atoms with Crippen molar-refractivity contribution < 1.29 is 0 Å². The van der Waals surface area contributed by atoms with Crippen molar-refractivity contribution in [2.75, 3.05) is 18.4 Å². The highest BCUT2D eigenvalue weighted by Crippen LogP contribution is 2.00. The lowest BCUT2D eigenvalue weighted by atomic mass is 10.2. The van der Waals surface area contributed by atoms with Crippen molar-refractivity contribution in [2.45, 2.75) is 27.3 Å². The molecule has 0 fully saturated rings. The van der Waals surface area contributed by atoms with Crippen molar-refractivity contribution in [3.63, 3.8) is 0 Å². The molecule has 17 heavy (non-hydrogen) atoms. The summed E-state index contributed by atoms with van der Waals surface area (Å²) < 4.78 is 1.69. The summed E-state index contributed by atoms with van der Waals surface area (Å²) in [6.45, 7) is 8.17. The molecule has 0 aliphatic heterocycles. The first kappa shape index (κ1) is 13.7. The molecule has 1 unspecified atom stereocenters. The summed E-state index contributed by atoms with van der Waals surface area (Å²) in [6, 6.07) is 0. The molecule has 0 spiro atoms. The maximum atomic E-state index is 12.0. The Hall–Kier alpha value is -1.36. The fraction of sp³-hybridized carbons (Fsp3) is 0.667. The predicted octanol–water partition coefficient (Wildman–Crippen LogP) is 0.906. The van der Waals surface area contributed by atoms with Gasteiger partial charge in [-0.3, -0.25) is 4.79 Å². The smallest absolute Gasteiger partial charge is 0.293 e. The normalized spacial score (nSPS) is 12.8. The number of rotatable bonds is 6. The largest absolute Gasteiger partial charge is 0.365 e. The van der Waals surface area contributed by atoms with Gasteiger partial charge < -0.3 is 15.6 Å². The minimum Gasteiger partial charge on any atom is -0.365 e. The minimum atomic E-state index is -0.0644. The molecule has 5 nitrogen and oxygen atoms in total. The lowest BCUT2D eigenvalue weighted by Crippen LogP contribution is -2.28. The quantitative estimate of drug-likeness (QED) is 0.772. The molecule has 5 heteroatoms. The molecule has 0 amide bonds. The number of nitrogens with one attached hydrogen (secondary N) is 1. The third-order valence-corrected chi connectivity index (χ3v) is 2.50. The van der Waals surface area contributed by atoms with E-state index in [1.807, 2.05) is 6.92 Å². The topological polar surface area (TPSA) is 72.9 Å². The van der Waals surface area contributed by atoms with Gasteiger partial charge in [-0.25, -0.2) is 4.98 Å². The van der Waals surface area contributed by atoms with Crippen molar-refractivity contribution in [3.05, 3.63) is 22.7 Å². The van der Waals surface area contributed by atoms with Gasteiger partial charge in [0, 0.05) is 25.5 Å². The Morgan fingerprint density at radius 3 is 2.76 bits per heavy atom. The number of hydrogen-bond acceptors (Lipinski definition) is 4. The van der Waals surface area contributed by atoms with Gasteiger partial charge in [-0.1, -0.05) is 20.8 Å². The van der Waals surface area contributed by atoms with Crippen LogP contribution in [0.15, 0.2) is 17.2 Å². The summed E-state index contributed by atoms with van der Waals surface area (Å²) in [4.78, 5) is 16.1. The van der Waals surface area contributed by atoms with Crippen LogP contribution in [0.3, 0.4) is 0 Å². The molecular weight excluding hydrogens is 216 g/mol. The maximum absolute atomic E-state index is 12.0. The summed E-state index contributed by atoms with van der Waals surface area (Å²) in [6.07, 6.45) is 3.37. The first-order valence-corrected chi connectivity index (χ1v) is 6.04. The van der Waals surface area contributed by atoms with Crippen LogP contribution in [0.25, 0.3) is 0 Å². The molecule has 0 saturated heterocycles. The first-order valence-electron chi connectivity index (χ1n) is 6.04. The van der Waals surface area contributed by atoms with E-state index in [2.05, 4.69) is 24.1 Å². The van der Waals surface area contributed by atoms with Gasteiger partial charge in [0.05, 0.1) is 0 Å². The molecule has 0 aliphatic carbocycles. The Bertz CT molecular complexity index is 400. The highest BCUT2D eigenvalue weighted by atomic mass is 16.1. The van der Waals surface area contributed by atoms with E-state index in [1.165, 1.54) is 0 Å². The van der Waals surface area contributed by atoms with Gasteiger partial charge in [0.1, 0.15) is 0 Å². The molecule has 0 aromatic carbocycles. The Morgan fingerprint density at radius 1 is 1.47 bits per heavy atom. The Labute approximate surface area is 102 Å². The van der Waals surface area contributed by atoms with Crippen LogP contribution >= 0.6 is 0 Å². The fourth-order valence-electron chi connectivity index (χ4n) is 1.46. The molecule has 0 bridgehead atoms. The molecule has 1 aromatic rings. The number of nitrogens with two attached hydrogens (primary N) is 1. The Morgan fingerprint density at radius 2 is 2.18 bits per heavy atom. The average Bonchev–Trinajstić information content (AvgIpc) is 2.29. The zero-order valence-corrected chi connectivity index (χ0v) is 10.8. The highest BCUT2D eigenvalue weighted by Gasteiger charge is 2.07. The molecule has 96 valence electrons. The zero-order valence-electron chi connectivity index (χ0n) is 10.8. The highest BCUT2D eigenvalue weighted by molar-refractivity contribution is 5.30. The first-order chi connectivity index (χ1) is 8.04. The SMILES string of the molecule is CC(C)Cn1ccnc(NCC(C)CN)c1=O. The number of aromatic nitrogens is 2. The summed E-state index contributed by atoms with van der Waals surface area (Å²) in [5.74, 6) is 1.18. The van der Waals surface area contributed by atoms with Gasteiger partial charge in [-0.15, -0.1) is 0 Å². The third kappa shape index (κ3) is 4.19. The van der Waals surface area contributed by atoms with Crippen LogP contribution in [-0.2, 0) is 6.54 Å². The van der Waals surface area contributed by atoms with Crippen LogP contribution in [0.1, 0.15) is 20.8 Å². The molecule has 1 atom stereocenters. The van der Waals surface area contributed by atoms with Crippen LogP contribution < -0.4 is 16.6 Å². The van der Waals surface area contributed by atoms with E-state index in [9.17, 15) is 4.79 Å². The number of anilines is 1. The van der Waals surface area contributed by atoms with E-state index in [-0.39, 0.29) is 5.56 Å². The second kappa shape index (κ2) is 6.39. The van der Waals surface area contributed by atoms with Crippen LogP contribution in [0.4, 0.5) is 5.82 Å². The van der Waals surface area contributed by atoms with Gasteiger partial charge in [0.25, 0.3) is 5.56 Å². The van der Waals surface area contributed by atoms with Crippen molar-refractivity contribution in [1.82, 2.24) is 9.55 Å². The van der Waals surface area contributed by atoms with E-state index in [4.69, 9.17) is 5.73 Å². The van der Waals surface area contributed by atoms with Gasteiger partial charge in [0.2, 0.25) is 0 Å². The lowest BCUT2D eigenvalue weighted by Gasteiger charge is -2.12. The molecule has 0 aliphatic rings. The zero-order chi connectivity index (χ0) is 12.8. The Balaban J connectivity index is 2.76. The fourth-order valence-corrected chi connectivity index (χ4v) is 1.46. The second-order valence-corrected chi connectivity index (χ2v) is 4.85. The summed E-state index contributed by atoms with van der Waals surface area (Å²) in [7, 11) is 0. The molecule has 1 aromatic heterocycles. The van der Waals surface area contributed by atoms with Crippen LogP contribution in [-0.4, -0.2) is 22.6 Å². The summed E-state index contributed by atoms with van der Waals surface area (Å²) in [5.41, 5.74) is 5.46. The van der Waals surface area contributed by atoms with Crippen molar-refractivity contribution >= 4 is 5.82 Å².